The molecule has 9 heteroatoms. The second-order valence-corrected chi connectivity index (χ2v) is 7.47. The molecule has 4 rings (SSSR count). The van der Waals surface area contributed by atoms with Crippen LogP contribution in [0.25, 0.3) is 5.69 Å². The summed E-state index contributed by atoms with van der Waals surface area (Å²) in [5.74, 6) is -0.0289. The molecule has 0 aliphatic carbocycles. The minimum Gasteiger partial charge on any atom is -0.381 e. The smallest absolute Gasteiger partial charge is 0.282 e. The number of carbonyl (C=O) groups excluding carboxylic acids is 1. The Labute approximate surface area is 178 Å². The average Bonchev–Trinajstić information content (AvgIpc) is 3.43. The molecular weight excluding hydrogens is 401 g/mol. The van der Waals surface area contributed by atoms with Crippen LogP contribution in [0, 0.1) is 22.9 Å². The van der Waals surface area contributed by atoms with Gasteiger partial charge in [-0.25, -0.2) is 9.37 Å². The lowest BCUT2D eigenvalue weighted by molar-refractivity contribution is -0.385. The largest absolute Gasteiger partial charge is 0.381 e. The molecular formula is C22H22FN5O3. The van der Waals surface area contributed by atoms with E-state index < -0.39 is 4.92 Å². The molecule has 3 aromatic rings. The van der Waals surface area contributed by atoms with Crippen molar-refractivity contribution < 1.29 is 14.1 Å². The molecule has 31 heavy (non-hydrogen) atoms. The maximum atomic E-state index is 14.6. The van der Waals surface area contributed by atoms with E-state index in [1.165, 1.54) is 18.2 Å². The van der Waals surface area contributed by atoms with E-state index in [1.54, 1.807) is 47.0 Å². The third-order valence-electron chi connectivity index (χ3n) is 5.41. The molecule has 2 heterocycles. The number of hydrogen-bond donors (Lipinski definition) is 1. The highest BCUT2D eigenvalue weighted by molar-refractivity contribution is 5.99. The van der Waals surface area contributed by atoms with E-state index in [4.69, 9.17) is 0 Å². The monoisotopic (exact) mass is 423 g/mol. The number of likely N-dealkylation sites (tertiary alicyclic amines) is 1. The molecule has 0 unspecified atom stereocenters. The van der Waals surface area contributed by atoms with E-state index in [0.717, 1.165) is 12.8 Å². The van der Waals surface area contributed by atoms with Crippen molar-refractivity contribution in [3.63, 3.8) is 0 Å². The highest BCUT2D eigenvalue weighted by atomic mass is 19.1. The lowest BCUT2D eigenvalue weighted by atomic mass is 10.1. The summed E-state index contributed by atoms with van der Waals surface area (Å²) in [7, 11) is 0. The van der Waals surface area contributed by atoms with E-state index in [-0.39, 0.29) is 23.0 Å². The Balaban J connectivity index is 1.52. The number of amides is 1. The molecule has 160 valence electrons. The molecule has 0 spiro atoms. The van der Waals surface area contributed by atoms with Gasteiger partial charge in [-0.15, -0.1) is 0 Å². The number of halogens is 1. The summed E-state index contributed by atoms with van der Waals surface area (Å²) in [6.07, 6.45) is 5.11. The van der Waals surface area contributed by atoms with Gasteiger partial charge in [0.15, 0.2) is 0 Å². The Morgan fingerprint density at radius 3 is 2.65 bits per heavy atom. The first-order chi connectivity index (χ1) is 14.9. The first kappa shape index (κ1) is 20.5. The number of anilines is 1. The summed E-state index contributed by atoms with van der Waals surface area (Å²) in [6.45, 7) is 3.31. The van der Waals surface area contributed by atoms with E-state index in [1.807, 2.05) is 0 Å². The molecule has 1 aliphatic rings. The fourth-order valence-electron chi connectivity index (χ4n) is 3.76. The molecule has 0 atom stereocenters. The highest BCUT2D eigenvalue weighted by Crippen LogP contribution is 2.26. The zero-order chi connectivity index (χ0) is 22.0. The van der Waals surface area contributed by atoms with Gasteiger partial charge in [-0.2, -0.15) is 0 Å². The van der Waals surface area contributed by atoms with Gasteiger partial charge in [-0.3, -0.25) is 14.9 Å². The van der Waals surface area contributed by atoms with Crippen LogP contribution in [0.3, 0.4) is 0 Å². The van der Waals surface area contributed by atoms with E-state index in [9.17, 15) is 19.3 Å². The van der Waals surface area contributed by atoms with Crippen LogP contribution in [0.5, 0.6) is 0 Å². The van der Waals surface area contributed by atoms with Crippen LogP contribution in [-0.2, 0) is 6.54 Å². The van der Waals surface area contributed by atoms with Crippen molar-refractivity contribution in [1.82, 2.24) is 14.5 Å². The molecule has 1 saturated heterocycles. The summed E-state index contributed by atoms with van der Waals surface area (Å²) in [5, 5.41) is 14.5. The van der Waals surface area contributed by atoms with Crippen LogP contribution in [0.1, 0.15) is 34.6 Å². The maximum Gasteiger partial charge on any atom is 0.282 e. The fourth-order valence-corrected chi connectivity index (χ4v) is 3.76. The number of nitro benzene ring substituents is 1. The number of nitrogens with zero attached hydrogens (tertiary/aromatic N) is 4. The third kappa shape index (κ3) is 4.25. The standard InChI is InChI=1S/C22H22FN5O3/c1-15-24-8-11-27(15)21-6-4-16(12-19(21)23)14-25-17-5-7-20(28(30)31)18(13-17)22(29)26-9-2-3-10-26/h4-8,11-13,25H,2-3,9-10,14H2,1H3. The van der Waals surface area contributed by atoms with Crippen LogP contribution in [0.4, 0.5) is 15.8 Å². The van der Waals surface area contributed by atoms with Gasteiger partial charge in [0.1, 0.15) is 17.2 Å². The molecule has 1 aromatic heterocycles. The number of nitrogens with one attached hydrogen (secondary N) is 1. The predicted molar refractivity (Wildman–Crippen MR) is 114 cm³/mol. The molecule has 0 bridgehead atoms. The number of hydrogen-bond acceptors (Lipinski definition) is 5. The predicted octanol–water partition coefficient (Wildman–Crippen LogP) is 4.08. The van der Waals surface area contributed by atoms with Gasteiger partial charge in [-0.1, -0.05) is 6.07 Å². The number of aryl methyl sites for hydroxylation is 1. The van der Waals surface area contributed by atoms with Gasteiger partial charge in [0, 0.05) is 43.8 Å². The maximum absolute atomic E-state index is 14.6. The molecule has 0 saturated carbocycles. The molecule has 1 fully saturated rings. The summed E-state index contributed by atoms with van der Waals surface area (Å²) in [5.41, 5.74) is 1.52. The number of carbonyl (C=O) groups is 1. The van der Waals surface area contributed by atoms with Crippen molar-refractivity contribution in [2.24, 2.45) is 0 Å². The van der Waals surface area contributed by atoms with Gasteiger partial charge in [0.25, 0.3) is 11.6 Å². The number of imidazole rings is 1. The molecule has 1 N–H and O–H groups in total. The summed E-state index contributed by atoms with van der Waals surface area (Å²) in [6, 6.07) is 9.29. The Kier molecular flexibility index (Phi) is 5.66. The lowest BCUT2D eigenvalue weighted by Gasteiger charge is -2.16. The fraction of sp³-hybridized carbons (Fsp3) is 0.273. The van der Waals surface area contributed by atoms with Crippen LogP contribution in [0.2, 0.25) is 0 Å². The second-order valence-electron chi connectivity index (χ2n) is 7.47. The third-order valence-corrected chi connectivity index (χ3v) is 5.41. The zero-order valence-electron chi connectivity index (χ0n) is 17.0. The van der Waals surface area contributed by atoms with Gasteiger partial charge in [-0.05, 0) is 49.6 Å². The van der Waals surface area contributed by atoms with Crippen LogP contribution in [-0.4, -0.2) is 38.4 Å². The van der Waals surface area contributed by atoms with Crippen LogP contribution >= 0.6 is 0 Å². The molecule has 2 aromatic carbocycles. The van der Waals surface area contributed by atoms with Gasteiger partial charge in [0.2, 0.25) is 0 Å². The quantitative estimate of drug-likeness (QED) is 0.476. The Morgan fingerprint density at radius 2 is 2.00 bits per heavy atom. The molecule has 0 radical (unpaired) electrons. The minimum absolute atomic E-state index is 0.0639. The number of rotatable bonds is 6. The average molecular weight is 423 g/mol. The Hall–Kier alpha value is -3.75. The van der Waals surface area contributed by atoms with Crippen molar-refractivity contribution in [2.45, 2.75) is 26.3 Å². The van der Waals surface area contributed by atoms with Gasteiger partial charge >= 0.3 is 0 Å². The van der Waals surface area contributed by atoms with E-state index in [0.29, 0.717) is 42.4 Å². The topological polar surface area (TPSA) is 93.3 Å². The zero-order valence-corrected chi connectivity index (χ0v) is 17.0. The van der Waals surface area contributed by atoms with Gasteiger partial charge < -0.3 is 14.8 Å². The van der Waals surface area contributed by atoms with Crippen molar-refractivity contribution in [2.75, 3.05) is 18.4 Å². The number of nitro groups is 1. The first-order valence-electron chi connectivity index (χ1n) is 10.0. The van der Waals surface area contributed by atoms with Crippen molar-refractivity contribution >= 4 is 17.3 Å². The molecule has 1 amide bonds. The SMILES string of the molecule is Cc1nccn1-c1ccc(CNc2ccc([N+](=O)[O-])c(C(=O)N3CCCC3)c2)cc1F. The van der Waals surface area contributed by atoms with Gasteiger partial charge in [0.05, 0.1) is 10.6 Å². The van der Waals surface area contributed by atoms with E-state index >= 15 is 0 Å². The van der Waals surface area contributed by atoms with Crippen molar-refractivity contribution in [3.05, 3.63) is 81.7 Å². The molecule has 8 nitrogen and oxygen atoms in total. The van der Waals surface area contributed by atoms with Crippen LogP contribution in [0.15, 0.2) is 48.8 Å². The van der Waals surface area contributed by atoms with Crippen molar-refractivity contribution in [1.29, 1.82) is 0 Å². The number of aromatic nitrogens is 2. The Bertz CT molecular complexity index is 1140. The van der Waals surface area contributed by atoms with Crippen LogP contribution < -0.4 is 5.32 Å². The summed E-state index contributed by atoms with van der Waals surface area (Å²) < 4.78 is 16.3. The minimum atomic E-state index is -0.542. The summed E-state index contributed by atoms with van der Waals surface area (Å²) >= 11 is 0. The number of benzene rings is 2. The lowest BCUT2D eigenvalue weighted by Crippen LogP contribution is -2.28. The van der Waals surface area contributed by atoms with Crippen molar-refractivity contribution in [3.8, 4) is 5.69 Å². The van der Waals surface area contributed by atoms with E-state index in [2.05, 4.69) is 10.3 Å². The summed E-state index contributed by atoms with van der Waals surface area (Å²) in [4.78, 5) is 29.3. The first-order valence-corrected chi connectivity index (χ1v) is 10.0. The molecule has 1 aliphatic heterocycles. The normalized spacial score (nSPS) is 13.4. The second kappa shape index (κ2) is 8.55. The Morgan fingerprint density at radius 1 is 1.23 bits per heavy atom. The highest BCUT2D eigenvalue weighted by Gasteiger charge is 2.27.